The Morgan fingerprint density at radius 3 is 1.60 bits per heavy atom. The van der Waals surface area contributed by atoms with E-state index in [1.807, 2.05) is 7.05 Å². The quantitative estimate of drug-likeness (QED) is 0.297. The summed E-state index contributed by atoms with van der Waals surface area (Å²) in [7, 11) is 1.92. The number of likely N-dealkylation sites (N-methyl/N-ethyl adjacent to an activating group) is 1. The average molecular weight is 292 g/mol. The number of nitrogens with two attached hydrogens (primary N) is 2. The summed E-state index contributed by atoms with van der Waals surface area (Å²) in [4.78, 5) is 2.27. The molecule has 0 aromatic carbocycles. The van der Waals surface area contributed by atoms with E-state index in [2.05, 4.69) is 10.2 Å². The molecule has 0 bridgehead atoms. The van der Waals surface area contributed by atoms with Crippen molar-refractivity contribution < 1.29 is 14.2 Å². The second-order valence-corrected chi connectivity index (χ2v) is 4.36. The Morgan fingerprint density at radius 2 is 1.20 bits per heavy atom. The maximum Gasteiger partial charge on any atom is 0.0594 e. The first kappa shape index (κ1) is 19.7. The molecule has 0 aliphatic heterocycles. The summed E-state index contributed by atoms with van der Waals surface area (Å²) in [5.41, 5.74) is 10.8. The third kappa shape index (κ3) is 14.1. The number of ether oxygens (including phenoxy) is 3. The predicted octanol–water partition coefficient (Wildman–Crippen LogP) is -1.52. The molecule has 122 valence electrons. The highest BCUT2D eigenvalue weighted by molar-refractivity contribution is 4.57. The van der Waals surface area contributed by atoms with E-state index < -0.39 is 0 Å². The lowest BCUT2D eigenvalue weighted by Gasteiger charge is -2.22. The van der Waals surface area contributed by atoms with Crippen LogP contribution < -0.4 is 16.8 Å². The van der Waals surface area contributed by atoms with Gasteiger partial charge in [0, 0.05) is 39.3 Å². The fraction of sp³-hybridized carbons (Fsp3) is 1.00. The van der Waals surface area contributed by atoms with Crippen LogP contribution in [-0.2, 0) is 14.2 Å². The summed E-state index contributed by atoms with van der Waals surface area (Å²) in [6, 6.07) is 0. The fourth-order valence-corrected chi connectivity index (χ4v) is 1.56. The number of nitrogens with one attached hydrogen (secondary N) is 1. The van der Waals surface area contributed by atoms with Gasteiger partial charge in [-0.15, -0.1) is 0 Å². The predicted molar refractivity (Wildman–Crippen MR) is 80.9 cm³/mol. The van der Waals surface area contributed by atoms with Crippen LogP contribution in [0.15, 0.2) is 0 Å². The SMILES string of the molecule is CNCCOCCN(CCOCCN)CCOCCN. The molecular formula is C13H32N4O3. The van der Waals surface area contributed by atoms with Crippen molar-refractivity contribution in [3.05, 3.63) is 0 Å². The maximum absolute atomic E-state index is 5.53. The van der Waals surface area contributed by atoms with Crippen LogP contribution in [0.25, 0.3) is 0 Å². The van der Waals surface area contributed by atoms with Gasteiger partial charge in [-0.25, -0.2) is 0 Å². The standard InChI is InChI=1S/C13H32N4O3/c1-16-4-10-20-13-7-17(5-11-18-8-2-14)6-12-19-9-3-15/h16H,2-15H2,1H3. The lowest BCUT2D eigenvalue weighted by molar-refractivity contribution is 0.0564. The van der Waals surface area contributed by atoms with Gasteiger partial charge in [0.25, 0.3) is 0 Å². The molecule has 0 aromatic rings. The third-order valence-electron chi connectivity index (χ3n) is 2.68. The van der Waals surface area contributed by atoms with Gasteiger partial charge in [0.1, 0.15) is 0 Å². The fourth-order valence-electron chi connectivity index (χ4n) is 1.56. The van der Waals surface area contributed by atoms with E-state index in [4.69, 9.17) is 25.7 Å². The highest BCUT2D eigenvalue weighted by Crippen LogP contribution is 1.91. The van der Waals surface area contributed by atoms with E-state index in [1.54, 1.807) is 0 Å². The van der Waals surface area contributed by atoms with E-state index in [0.717, 1.165) is 39.4 Å². The molecule has 0 saturated heterocycles. The molecule has 0 aliphatic carbocycles. The Hall–Kier alpha value is -0.280. The average Bonchev–Trinajstić information content (AvgIpc) is 2.47. The minimum absolute atomic E-state index is 0.562. The van der Waals surface area contributed by atoms with Gasteiger partial charge in [0.2, 0.25) is 0 Å². The second-order valence-electron chi connectivity index (χ2n) is 4.36. The first-order valence-electron chi connectivity index (χ1n) is 7.35. The van der Waals surface area contributed by atoms with Crippen molar-refractivity contribution in [3.8, 4) is 0 Å². The topological polar surface area (TPSA) is 95.0 Å². The van der Waals surface area contributed by atoms with Crippen LogP contribution in [0.2, 0.25) is 0 Å². The molecule has 0 amide bonds. The monoisotopic (exact) mass is 292 g/mol. The first-order chi connectivity index (χ1) is 9.85. The van der Waals surface area contributed by atoms with Crippen LogP contribution in [0.1, 0.15) is 0 Å². The highest BCUT2D eigenvalue weighted by Gasteiger charge is 2.05. The summed E-state index contributed by atoms with van der Waals surface area (Å²) in [5, 5.41) is 3.05. The van der Waals surface area contributed by atoms with Gasteiger partial charge in [-0.3, -0.25) is 4.90 Å². The van der Waals surface area contributed by atoms with Crippen molar-refractivity contribution in [2.24, 2.45) is 11.5 Å². The molecule has 0 aliphatic rings. The van der Waals surface area contributed by atoms with Crippen molar-refractivity contribution in [1.29, 1.82) is 0 Å². The zero-order chi connectivity index (χ0) is 14.9. The number of nitrogens with zero attached hydrogens (tertiary/aromatic N) is 1. The van der Waals surface area contributed by atoms with E-state index in [-0.39, 0.29) is 0 Å². The van der Waals surface area contributed by atoms with Crippen LogP contribution in [0.3, 0.4) is 0 Å². The lowest BCUT2D eigenvalue weighted by atomic mass is 10.4. The van der Waals surface area contributed by atoms with Crippen LogP contribution in [0, 0.1) is 0 Å². The smallest absolute Gasteiger partial charge is 0.0594 e. The van der Waals surface area contributed by atoms with Gasteiger partial charge in [-0.2, -0.15) is 0 Å². The van der Waals surface area contributed by atoms with Crippen LogP contribution >= 0.6 is 0 Å². The van der Waals surface area contributed by atoms with Crippen molar-refractivity contribution in [2.45, 2.75) is 0 Å². The molecule has 0 spiro atoms. The largest absolute Gasteiger partial charge is 0.379 e. The molecule has 7 nitrogen and oxygen atoms in total. The summed E-state index contributed by atoms with van der Waals surface area (Å²) in [6.45, 7) is 8.64. The van der Waals surface area contributed by atoms with Crippen LogP contribution in [-0.4, -0.2) is 90.9 Å². The number of rotatable bonds is 16. The zero-order valence-electron chi connectivity index (χ0n) is 12.8. The first-order valence-corrected chi connectivity index (χ1v) is 7.35. The molecule has 0 heterocycles. The minimum Gasteiger partial charge on any atom is -0.379 e. The Balaban J connectivity index is 3.67. The van der Waals surface area contributed by atoms with Gasteiger partial charge in [0.05, 0.1) is 39.6 Å². The Bertz CT molecular complexity index is 175. The molecule has 0 aromatic heterocycles. The van der Waals surface area contributed by atoms with Crippen LogP contribution in [0.5, 0.6) is 0 Å². The molecule has 0 rings (SSSR count). The number of hydrogen-bond acceptors (Lipinski definition) is 7. The van der Waals surface area contributed by atoms with E-state index in [0.29, 0.717) is 39.5 Å². The molecule has 20 heavy (non-hydrogen) atoms. The molecule has 0 radical (unpaired) electrons. The Kier molecular flexibility index (Phi) is 16.5. The maximum atomic E-state index is 5.53. The lowest BCUT2D eigenvalue weighted by Crippen LogP contribution is -2.35. The van der Waals surface area contributed by atoms with Gasteiger partial charge >= 0.3 is 0 Å². The summed E-state index contributed by atoms with van der Waals surface area (Å²) < 4.78 is 16.3. The summed E-state index contributed by atoms with van der Waals surface area (Å²) >= 11 is 0. The zero-order valence-corrected chi connectivity index (χ0v) is 12.8. The molecule has 0 atom stereocenters. The van der Waals surface area contributed by atoms with Crippen LogP contribution in [0.4, 0.5) is 0 Å². The van der Waals surface area contributed by atoms with E-state index in [1.165, 1.54) is 0 Å². The Morgan fingerprint density at radius 1 is 0.750 bits per heavy atom. The van der Waals surface area contributed by atoms with Gasteiger partial charge < -0.3 is 31.0 Å². The summed E-state index contributed by atoms with van der Waals surface area (Å²) in [5.74, 6) is 0. The van der Waals surface area contributed by atoms with E-state index in [9.17, 15) is 0 Å². The normalized spacial score (nSPS) is 11.4. The van der Waals surface area contributed by atoms with Crippen molar-refractivity contribution >= 4 is 0 Å². The molecule has 0 fully saturated rings. The highest BCUT2D eigenvalue weighted by atomic mass is 16.5. The van der Waals surface area contributed by atoms with Crippen molar-refractivity contribution in [1.82, 2.24) is 10.2 Å². The molecule has 7 heteroatoms. The molecule has 5 N–H and O–H groups in total. The van der Waals surface area contributed by atoms with Crippen molar-refractivity contribution in [3.63, 3.8) is 0 Å². The molecule has 0 unspecified atom stereocenters. The molecular weight excluding hydrogens is 260 g/mol. The number of hydrogen-bond donors (Lipinski definition) is 3. The third-order valence-corrected chi connectivity index (χ3v) is 2.68. The molecule has 0 saturated carbocycles. The van der Waals surface area contributed by atoms with Crippen molar-refractivity contribution in [2.75, 3.05) is 86.0 Å². The van der Waals surface area contributed by atoms with Gasteiger partial charge in [-0.1, -0.05) is 0 Å². The van der Waals surface area contributed by atoms with Gasteiger partial charge in [-0.05, 0) is 7.05 Å². The minimum atomic E-state index is 0.562. The summed E-state index contributed by atoms with van der Waals surface area (Å²) in [6.07, 6.45) is 0. The van der Waals surface area contributed by atoms with E-state index >= 15 is 0 Å². The van der Waals surface area contributed by atoms with Gasteiger partial charge in [0.15, 0.2) is 0 Å². The second kappa shape index (κ2) is 16.8. The Labute approximate surface area is 122 Å².